The molecule has 1 heterocycles. The van der Waals surface area contributed by atoms with Gasteiger partial charge >= 0.3 is 0 Å². The number of hydrogen-bond donors (Lipinski definition) is 0. The van der Waals surface area contributed by atoms with Crippen molar-refractivity contribution in [2.45, 2.75) is 6.92 Å². The zero-order chi connectivity index (χ0) is 5.98. The second-order valence-electron chi connectivity index (χ2n) is 1.44. The maximum Gasteiger partial charge on any atom is 0.239 e. The summed E-state index contributed by atoms with van der Waals surface area (Å²) >= 11 is 0. The van der Waals surface area contributed by atoms with Crippen molar-refractivity contribution in [3.8, 4) is 0 Å². The minimum absolute atomic E-state index is 0.141. The van der Waals surface area contributed by atoms with Gasteiger partial charge in [0.1, 0.15) is 0 Å². The van der Waals surface area contributed by atoms with Crippen LogP contribution in [0, 0.1) is 0 Å². The Bertz CT molecular complexity index is 208. The second kappa shape index (κ2) is 1.72. The molecule has 0 amide bonds. The minimum Gasteiger partial charge on any atom is -0.229 e. The molecule has 0 saturated carbocycles. The van der Waals surface area contributed by atoms with Crippen molar-refractivity contribution in [2.24, 2.45) is 9.98 Å². The summed E-state index contributed by atoms with van der Waals surface area (Å²) in [6, 6.07) is 0. The number of hydrogen-bond acceptors (Lipinski definition) is 3. The molecular weight excluding hydrogens is 104 g/mol. The Balaban J connectivity index is 3.01. The van der Waals surface area contributed by atoms with Gasteiger partial charge in [0.2, 0.25) is 5.82 Å². The molecule has 1 rings (SSSR count). The second-order valence-corrected chi connectivity index (χ2v) is 1.44. The summed E-state index contributed by atoms with van der Waals surface area (Å²) in [5, 5.41) is 0. The fraction of sp³-hybridized carbons (Fsp3) is 0.200. The Morgan fingerprint density at radius 1 is 1.75 bits per heavy atom. The molecule has 0 saturated heterocycles. The molecule has 0 spiro atoms. The van der Waals surface area contributed by atoms with Gasteiger partial charge in [-0.15, -0.1) is 0 Å². The lowest BCUT2D eigenvalue weighted by Crippen LogP contribution is -1.82. The van der Waals surface area contributed by atoms with Gasteiger partial charge in [-0.1, -0.05) is 0 Å². The van der Waals surface area contributed by atoms with Gasteiger partial charge < -0.3 is 0 Å². The average molecular weight is 108 g/mol. The highest BCUT2D eigenvalue weighted by atomic mass is 16.1. The molecule has 40 valence electrons. The lowest BCUT2D eigenvalue weighted by Gasteiger charge is -1.71. The van der Waals surface area contributed by atoms with E-state index in [0.29, 0.717) is 0 Å². The highest BCUT2D eigenvalue weighted by molar-refractivity contribution is 6.31. The molecule has 0 bridgehead atoms. The predicted molar refractivity (Wildman–Crippen MR) is 30.8 cm³/mol. The number of rotatable bonds is 0. The third-order valence-electron chi connectivity index (χ3n) is 0.747. The van der Waals surface area contributed by atoms with Crippen LogP contribution < -0.4 is 0 Å². The van der Waals surface area contributed by atoms with Crippen LogP contribution in [-0.4, -0.2) is 17.9 Å². The number of aliphatic imine (C=N–C) groups is 2. The van der Waals surface area contributed by atoms with E-state index in [1.165, 1.54) is 6.21 Å². The monoisotopic (exact) mass is 108 g/mol. The van der Waals surface area contributed by atoms with Crippen LogP contribution in [-0.2, 0) is 4.79 Å². The van der Waals surface area contributed by atoms with Gasteiger partial charge in [0.05, 0.1) is 11.9 Å². The third kappa shape index (κ3) is 0.718. The molecule has 0 aromatic rings. The maximum absolute atomic E-state index is 9.77. The Kier molecular flexibility index (Phi) is 1.06. The van der Waals surface area contributed by atoms with Crippen LogP contribution in [0.5, 0.6) is 0 Å². The molecule has 0 atom stereocenters. The van der Waals surface area contributed by atoms with E-state index >= 15 is 0 Å². The smallest absolute Gasteiger partial charge is 0.229 e. The first-order chi connectivity index (χ1) is 3.83. The van der Waals surface area contributed by atoms with E-state index in [1.807, 2.05) is 0 Å². The predicted octanol–water partition coefficient (Wildman–Crippen LogP) is 0.205. The lowest BCUT2D eigenvalue weighted by molar-refractivity contribution is 0.566. The molecule has 3 nitrogen and oxygen atoms in total. The van der Waals surface area contributed by atoms with E-state index in [2.05, 4.69) is 9.98 Å². The van der Waals surface area contributed by atoms with E-state index in [-0.39, 0.29) is 5.82 Å². The van der Waals surface area contributed by atoms with Crippen molar-refractivity contribution < 1.29 is 4.79 Å². The fourth-order valence-corrected chi connectivity index (χ4v) is 0.429. The van der Waals surface area contributed by atoms with Gasteiger partial charge in [-0.05, 0) is 6.92 Å². The number of carbonyl (C=O) groups excluding carboxylic acids is 1. The van der Waals surface area contributed by atoms with Crippen LogP contribution >= 0.6 is 0 Å². The Morgan fingerprint density at radius 3 is 2.75 bits per heavy atom. The first-order valence-electron chi connectivity index (χ1n) is 2.17. The van der Waals surface area contributed by atoms with E-state index in [0.717, 1.165) is 5.71 Å². The summed E-state index contributed by atoms with van der Waals surface area (Å²) in [5.41, 5.74) is 0.753. The Morgan fingerprint density at radius 2 is 2.50 bits per heavy atom. The Labute approximate surface area is 46.5 Å². The van der Waals surface area contributed by atoms with E-state index in [9.17, 15) is 4.79 Å². The molecule has 0 aromatic carbocycles. The summed E-state index contributed by atoms with van der Waals surface area (Å²) in [5.74, 6) is 1.72. The van der Waals surface area contributed by atoms with Crippen LogP contribution in [0.4, 0.5) is 0 Å². The zero-order valence-electron chi connectivity index (χ0n) is 4.38. The van der Waals surface area contributed by atoms with Crippen LogP contribution in [0.25, 0.3) is 0 Å². The molecule has 8 heavy (non-hydrogen) atoms. The molecule has 0 N–H and O–H groups in total. The van der Waals surface area contributed by atoms with Crippen LogP contribution in [0.1, 0.15) is 6.92 Å². The molecule has 0 unspecified atom stereocenters. The Hall–Kier alpha value is -1.21. The van der Waals surface area contributed by atoms with Crippen molar-refractivity contribution >= 4 is 17.9 Å². The zero-order valence-corrected chi connectivity index (χ0v) is 4.38. The first-order valence-corrected chi connectivity index (χ1v) is 2.17. The molecule has 1 aliphatic rings. The van der Waals surface area contributed by atoms with Crippen LogP contribution in [0.15, 0.2) is 15.8 Å². The normalized spacial score (nSPS) is 16.1. The summed E-state index contributed by atoms with van der Waals surface area (Å²) in [4.78, 5) is 17.1. The van der Waals surface area contributed by atoms with Crippen molar-refractivity contribution in [3.05, 3.63) is 5.82 Å². The van der Waals surface area contributed by atoms with Crippen LogP contribution in [0.2, 0.25) is 0 Å². The van der Waals surface area contributed by atoms with Crippen molar-refractivity contribution in [2.75, 3.05) is 0 Å². The maximum atomic E-state index is 9.77. The van der Waals surface area contributed by atoms with E-state index < -0.39 is 0 Å². The summed E-state index contributed by atoms with van der Waals surface area (Å²) < 4.78 is 0. The molecule has 0 aliphatic carbocycles. The quantitative estimate of drug-likeness (QED) is 0.409. The minimum atomic E-state index is 0.141. The SMILES string of the molecule is CC1=NC(=C=O)N=C1. The van der Waals surface area contributed by atoms with Crippen molar-refractivity contribution in [1.29, 1.82) is 0 Å². The number of nitrogens with zero attached hydrogens (tertiary/aromatic N) is 2. The van der Waals surface area contributed by atoms with E-state index in [1.54, 1.807) is 12.9 Å². The fourth-order valence-electron chi connectivity index (χ4n) is 0.429. The lowest BCUT2D eigenvalue weighted by atomic mass is 10.5. The molecular formula is C5H4N2O. The van der Waals surface area contributed by atoms with Gasteiger partial charge in [0.25, 0.3) is 0 Å². The first kappa shape index (κ1) is 4.94. The highest BCUT2D eigenvalue weighted by Gasteiger charge is 1.98. The molecule has 0 fully saturated rings. The topological polar surface area (TPSA) is 41.8 Å². The summed E-state index contributed by atoms with van der Waals surface area (Å²) in [6.07, 6.45) is 1.53. The third-order valence-corrected chi connectivity index (χ3v) is 0.747. The van der Waals surface area contributed by atoms with E-state index in [4.69, 9.17) is 0 Å². The van der Waals surface area contributed by atoms with Gasteiger partial charge in [-0.3, -0.25) is 0 Å². The van der Waals surface area contributed by atoms with Crippen LogP contribution in [0.3, 0.4) is 0 Å². The standard InChI is InChI=1S/C5H4N2O/c1-4-2-6-5(3-8)7-4/h2H,1H3. The van der Waals surface area contributed by atoms with Gasteiger partial charge in [0, 0.05) is 0 Å². The molecule has 1 aliphatic heterocycles. The van der Waals surface area contributed by atoms with Crippen molar-refractivity contribution in [1.82, 2.24) is 0 Å². The summed E-state index contributed by atoms with van der Waals surface area (Å²) in [6.45, 7) is 1.77. The van der Waals surface area contributed by atoms with Crippen molar-refractivity contribution in [3.63, 3.8) is 0 Å². The largest absolute Gasteiger partial charge is 0.239 e. The average Bonchev–Trinajstić information content (AvgIpc) is 2.14. The summed E-state index contributed by atoms with van der Waals surface area (Å²) in [7, 11) is 0. The molecule has 0 radical (unpaired) electrons. The molecule has 3 heteroatoms. The molecule has 0 aromatic heterocycles. The van der Waals surface area contributed by atoms with Gasteiger partial charge in [-0.25, -0.2) is 14.8 Å². The highest BCUT2D eigenvalue weighted by Crippen LogP contribution is 1.98. The van der Waals surface area contributed by atoms with Gasteiger partial charge in [0.15, 0.2) is 5.94 Å². The van der Waals surface area contributed by atoms with Gasteiger partial charge in [-0.2, -0.15) is 0 Å².